The van der Waals surface area contributed by atoms with Crippen LogP contribution in [0.3, 0.4) is 0 Å². The molecule has 3 aromatic heterocycles. The molecule has 1 aliphatic rings. The topological polar surface area (TPSA) is 105 Å². The van der Waals surface area contributed by atoms with Crippen LogP contribution in [-0.4, -0.2) is 47.3 Å². The van der Waals surface area contributed by atoms with Crippen molar-refractivity contribution in [1.82, 2.24) is 34.8 Å². The van der Waals surface area contributed by atoms with Crippen LogP contribution in [0.25, 0.3) is 0 Å². The fourth-order valence-corrected chi connectivity index (χ4v) is 3.33. The Labute approximate surface area is 163 Å². The number of nitrogens with one attached hydrogen (secondary N) is 2. The Morgan fingerprint density at radius 2 is 2.18 bits per heavy atom. The summed E-state index contributed by atoms with van der Waals surface area (Å²) in [5.74, 6) is 1.18. The van der Waals surface area contributed by atoms with Gasteiger partial charge in [-0.1, -0.05) is 13.8 Å². The average molecular weight is 380 g/mol. The SMILES string of the molecule is CC(C)Cc1cc(C(=O)N2CCn3nc(CNc4cnccn4)cc3C2)n[nH]1. The average Bonchev–Trinajstić information content (AvgIpc) is 3.32. The number of anilines is 1. The fourth-order valence-electron chi connectivity index (χ4n) is 3.33. The normalized spacial score (nSPS) is 13.6. The molecule has 0 radical (unpaired) electrons. The number of rotatable bonds is 6. The zero-order valence-electron chi connectivity index (χ0n) is 16.1. The number of H-pyrrole nitrogens is 1. The predicted octanol–water partition coefficient (Wildman–Crippen LogP) is 1.86. The van der Waals surface area contributed by atoms with Crippen LogP contribution in [0, 0.1) is 5.92 Å². The lowest BCUT2D eigenvalue weighted by Crippen LogP contribution is -2.38. The van der Waals surface area contributed by atoms with Crippen molar-refractivity contribution in [2.45, 2.75) is 39.9 Å². The summed E-state index contributed by atoms with van der Waals surface area (Å²) in [5, 5.41) is 15.0. The van der Waals surface area contributed by atoms with E-state index in [9.17, 15) is 4.79 Å². The van der Waals surface area contributed by atoms with Crippen molar-refractivity contribution in [1.29, 1.82) is 0 Å². The van der Waals surface area contributed by atoms with Crippen LogP contribution >= 0.6 is 0 Å². The van der Waals surface area contributed by atoms with Crippen molar-refractivity contribution in [2.24, 2.45) is 5.92 Å². The van der Waals surface area contributed by atoms with E-state index in [1.807, 2.05) is 21.7 Å². The highest BCUT2D eigenvalue weighted by molar-refractivity contribution is 5.92. The van der Waals surface area contributed by atoms with Gasteiger partial charge in [-0.3, -0.25) is 19.6 Å². The minimum absolute atomic E-state index is 0.0436. The van der Waals surface area contributed by atoms with E-state index in [0.717, 1.165) is 23.5 Å². The number of hydrogen-bond donors (Lipinski definition) is 2. The summed E-state index contributed by atoms with van der Waals surface area (Å²) in [4.78, 5) is 22.9. The van der Waals surface area contributed by atoms with Gasteiger partial charge < -0.3 is 10.2 Å². The molecule has 0 fully saturated rings. The molecule has 1 aliphatic heterocycles. The van der Waals surface area contributed by atoms with Crippen LogP contribution in [0.15, 0.2) is 30.7 Å². The van der Waals surface area contributed by atoms with Gasteiger partial charge in [0.2, 0.25) is 0 Å². The van der Waals surface area contributed by atoms with Crippen molar-refractivity contribution in [2.75, 3.05) is 11.9 Å². The molecule has 28 heavy (non-hydrogen) atoms. The lowest BCUT2D eigenvalue weighted by molar-refractivity contribution is 0.0700. The van der Waals surface area contributed by atoms with E-state index in [2.05, 4.69) is 44.4 Å². The highest BCUT2D eigenvalue weighted by Gasteiger charge is 2.25. The minimum Gasteiger partial charge on any atom is -0.363 e. The summed E-state index contributed by atoms with van der Waals surface area (Å²) in [5.41, 5.74) is 3.41. The van der Waals surface area contributed by atoms with Crippen LogP contribution in [0.4, 0.5) is 5.82 Å². The number of hydrogen-bond acceptors (Lipinski definition) is 6. The second-order valence-corrected chi connectivity index (χ2v) is 7.40. The Morgan fingerprint density at radius 3 is 2.96 bits per heavy atom. The van der Waals surface area contributed by atoms with E-state index >= 15 is 0 Å². The summed E-state index contributed by atoms with van der Waals surface area (Å²) in [6.45, 7) is 6.68. The number of aromatic amines is 1. The Balaban J connectivity index is 1.39. The summed E-state index contributed by atoms with van der Waals surface area (Å²) >= 11 is 0. The molecule has 0 saturated heterocycles. The lowest BCUT2D eigenvalue weighted by atomic mass is 10.1. The van der Waals surface area contributed by atoms with Crippen molar-refractivity contribution in [3.63, 3.8) is 0 Å². The van der Waals surface area contributed by atoms with Crippen LogP contribution in [0.2, 0.25) is 0 Å². The zero-order chi connectivity index (χ0) is 19.5. The van der Waals surface area contributed by atoms with Gasteiger partial charge in [-0.05, 0) is 24.5 Å². The van der Waals surface area contributed by atoms with Crippen molar-refractivity contribution >= 4 is 11.7 Å². The first-order chi connectivity index (χ1) is 13.6. The number of carbonyl (C=O) groups is 1. The second-order valence-electron chi connectivity index (χ2n) is 7.40. The number of amides is 1. The Morgan fingerprint density at radius 1 is 1.29 bits per heavy atom. The van der Waals surface area contributed by atoms with Gasteiger partial charge in [-0.2, -0.15) is 10.2 Å². The van der Waals surface area contributed by atoms with Gasteiger partial charge in [0.15, 0.2) is 0 Å². The highest BCUT2D eigenvalue weighted by Crippen LogP contribution is 2.17. The van der Waals surface area contributed by atoms with Crippen LogP contribution in [0.5, 0.6) is 0 Å². The summed E-state index contributed by atoms with van der Waals surface area (Å²) < 4.78 is 1.96. The van der Waals surface area contributed by atoms with E-state index < -0.39 is 0 Å². The fraction of sp³-hybridized carbons (Fsp3) is 0.421. The molecular formula is C19H24N8O. The predicted molar refractivity (Wildman–Crippen MR) is 103 cm³/mol. The third-order valence-corrected chi connectivity index (χ3v) is 4.63. The number of nitrogens with zero attached hydrogens (tertiary/aromatic N) is 6. The second kappa shape index (κ2) is 7.79. The summed E-state index contributed by atoms with van der Waals surface area (Å²) in [7, 11) is 0. The van der Waals surface area contributed by atoms with Gasteiger partial charge in [0.25, 0.3) is 5.91 Å². The smallest absolute Gasteiger partial charge is 0.274 e. The van der Waals surface area contributed by atoms with Gasteiger partial charge >= 0.3 is 0 Å². The summed E-state index contributed by atoms with van der Waals surface area (Å²) in [6, 6.07) is 3.89. The van der Waals surface area contributed by atoms with Crippen molar-refractivity contribution < 1.29 is 4.79 Å². The molecule has 0 aromatic carbocycles. The monoisotopic (exact) mass is 380 g/mol. The van der Waals surface area contributed by atoms with E-state index in [1.54, 1.807) is 18.6 Å². The Kier molecular flexibility index (Phi) is 5.05. The molecule has 0 bridgehead atoms. The van der Waals surface area contributed by atoms with Crippen molar-refractivity contribution in [3.8, 4) is 0 Å². The largest absolute Gasteiger partial charge is 0.363 e. The van der Waals surface area contributed by atoms with E-state index in [-0.39, 0.29) is 5.91 Å². The van der Waals surface area contributed by atoms with Crippen LogP contribution in [-0.2, 0) is 26.1 Å². The summed E-state index contributed by atoms with van der Waals surface area (Å²) in [6.07, 6.45) is 5.84. The minimum atomic E-state index is -0.0436. The first-order valence-electron chi connectivity index (χ1n) is 9.47. The third kappa shape index (κ3) is 4.03. The Hall–Kier alpha value is -3.23. The lowest BCUT2D eigenvalue weighted by Gasteiger charge is -2.26. The van der Waals surface area contributed by atoms with Gasteiger partial charge in [-0.15, -0.1) is 0 Å². The van der Waals surface area contributed by atoms with Gasteiger partial charge in [0.05, 0.1) is 37.2 Å². The number of aromatic nitrogens is 6. The van der Waals surface area contributed by atoms with Gasteiger partial charge in [0.1, 0.15) is 11.5 Å². The highest BCUT2D eigenvalue weighted by atomic mass is 16.2. The molecule has 0 saturated carbocycles. The van der Waals surface area contributed by atoms with E-state index in [0.29, 0.717) is 43.6 Å². The van der Waals surface area contributed by atoms with Crippen LogP contribution < -0.4 is 5.32 Å². The molecule has 4 heterocycles. The third-order valence-electron chi connectivity index (χ3n) is 4.63. The van der Waals surface area contributed by atoms with Gasteiger partial charge in [0, 0.05) is 24.6 Å². The molecule has 3 aromatic rings. The standard InChI is InChI=1S/C19H24N8O/c1-13(2)7-14-9-17(24-23-14)19(28)26-5-6-27-16(12-26)8-15(25-27)10-22-18-11-20-3-4-21-18/h3-4,8-9,11,13H,5-7,10,12H2,1-2H3,(H,21,22)(H,23,24). The molecule has 9 heteroatoms. The first kappa shape index (κ1) is 18.1. The zero-order valence-corrected chi connectivity index (χ0v) is 16.1. The molecular weight excluding hydrogens is 356 g/mol. The molecule has 1 amide bonds. The number of fused-ring (bicyclic) bond motifs is 1. The quantitative estimate of drug-likeness (QED) is 0.676. The maximum Gasteiger partial charge on any atom is 0.274 e. The molecule has 4 rings (SSSR count). The number of carbonyl (C=O) groups excluding carboxylic acids is 1. The molecule has 0 unspecified atom stereocenters. The van der Waals surface area contributed by atoms with E-state index in [4.69, 9.17) is 0 Å². The van der Waals surface area contributed by atoms with E-state index in [1.165, 1.54) is 0 Å². The first-order valence-corrected chi connectivity index (χ1v) is 9.47. The molecule has 9 nitrogen and oxygen atoms in total. The van der Waals surface area contributed by atoms with Crippen molar-refractivity contribution in [3.05, 3.63) is 53.5 Å². The van der Waals surface area contributed by atoms with Crippen LogP contribution in [0.1, 0.15) is 41.4 Å². The maximum absolute atomic E-state index is 12.8. The molecule has 0 aliphatic carbocycles. The molecule has 2 N–H and O–H groups in total. The van der Waals surface area contributed by atoms with Gasteiger partial charge in [-0.25, -0.2) is 4.98 Å². The maximum atomic E-state index is 12.8. The molecule has 0 spiro atoms. The molecule has 146 valence electrons. The Bertz CT molecular complexity index is 946. The molecule has 0 atom stereocenters.